The number of hydrogen-bond acceptors (Lipinski definition) is 7. The van der Waals surface area contributed by atoms with E-state index in [0.29, 0.717) is 38.2 Å². The third-order valence-corrected chi connectivity index (χ3v) is 5.39. The second-order valence-electron chi connectivity index (χ2n) is 7.13. The topological polar surface area (TPSA) is 128 Å². The number of aromatic amines is 1. The molecule has 3 N–H and O–H groups in total. The number of carbonyl (C=O) groups is 1. The fourth-order valence-corrected chi connectivity index (χ4v) is 3.82. The van der Waals surface area contributed by atoms with E-state index in [1.165, 1.54) is 17.7 Å². The zero-order chi connectivity index (χ0) is 19.7. The van der Waals surface area contributed by atoms with E-state index in [4.69, 9.17) is 4.74 Å². The van der Waals surface area contributed by atoms with Crippen LogP contribution in [0, 0.1) is 6.92 Å². The number of ether oxygens (including phenoxy) is 1. The largest absolute Gasteiger partial charge is 0.394 e. The van der Waals surface area contributed by atoms with Gasteiger partial charge in [0.25, 0.3) is 5.56 Å². The number of aliphatic hydroxyl groups is 2. The highest BCUT2D eigenvalue weighted by atomic mass is 16.5. The van der Waals surface area contributed by atoms with Crippen LogP contribution in [-0.2, 0) is 9.53 Å². The van der Waals surface area contributed by atoms with E-state index in [-0.39, 0.29) is 11.9 Å². The highest BCUT2D eigenvalue weighted by molar-refractivity contribution is 5.73. The predicted octanol–water partition coefficient (Wildman–Crippen LogP) is -1.98. The predicted molar refractivity (Wildman–Crippen MR) is 95.3 cm³/mol. The Balaban J connectivity index is 1.81. The first-order valence-corrected chi connectivity index (χ1v) is 9.08. The van der Waals surface area contributed by atoms with Crippen LogP contribution in [0.2, 0.25) is 0 Å². The third-order valence-electron chi connectivity index (χ3n) is 5.39. The number of rotatable bonds is 4. The molecule has 0 saturated carbocycles. The molecule has 1 aromatic rings. The van der Waals surface area contributed by atoms with Gasteiger partial charge >= 0.3 is 5.69 Å². The average Bonchev–Trinajstić information content (AvgIpc) is 3.09. The van der Waals surface area contributed by atoms with Crippen molar-refractivity contribution in [3.63, 3.8) is 0 Å². The number of H-pyrrole nitrogens is 1. The highest BCUT2D eigenvalue weighted by Gasteiger charge is 2.44. The van der Waals surface area contributed by atoms with Crippen LogP contribution in [0.3, 0.4) is 0 Å². The molecule has 3 heterocycles. The minimum atomic E-state index is -1.09. The molecule has 0 aromatic carbocycles. The number of aromatic nitrogens is 2. The lowest BCUT2D eigenvalue weighted by Crippen LogP contribution is -2.55. The Hall–Kier alpha value is -2.01. The van der Waals surface area contributed by atoms with Gasteiger partial charge in [0.1, 0.15) is 18.4 Å². The standard InChI is InChI=1S/C17H26N4O6/c1-10-8-21(17(26)18-16(10)25)14-7-12(15(27-14)13(24)9-22)20-5-3-19(4-6-20)11(2)23/h8,12-15,22,24H,3-7,9H2,1-2H3,(H,18,25,26)/t12-,13+,14+,15-/m0/s1. The number of carbonyl (C=O) groups excluding carboxylic acids is 1. The van der Waals surface area contributed by atoms with Gasteiger partial charge in [-0.25, -0.2) is 4.79 Å². The van der Waals surface area contributed by atoms with Crippen LogP contribution < -0.4 is 11.2 Å². The lowest BCUT2D eigenvalue weighted by atomic mass is 10.0. The molecule has 1 aromatic heterocycles. The number of aryl methyl sites for hydroxylation is 1. The summed E-state index contributed by atoms with van der Waals surface area (Å²) in [4.78, 5) is 41.4. The van der Waals surface area contributed by atoms with E-state index < -0.39 is 36.3 Å². The summed E-state index contributed by atoms with van der Waals surface area (Å²) < 4.78 is 7.24. The smallest absolute Gasteiger partial charge is 0.330 e. The molecule has 2 aliphatic rings. The lowest BCUT2D eigenvalue weighted by molar-refractivity contribution is -0.131. The van der Waals surface area contributed by atoms with Crippen LogP contribution in [0.15, 0.2) is 15.8 Å². The molecular weight excluding hydrogens is 356 g/mol. The van der Waals surface area contributed by atoms with Crippen LogP contribution in [0.25, 0.3) is 0 Å². The SMILES string of the molecule is CC(=O)N1CCN([C@H]2C[C@H](n3cc(C)c(=O)[nH]c3=O)O[C@@H]2[C@H](O)CO)CC1. The van der Waals surface area contributed by atoms with E-state index in [1.54, 1.807) is 11.8 Å². The molecule has 4 atom stereocenters. The summed E-state index contributed by atoms with van der Waals surface area (Å²) in [6, 6.07) is -0.217. The van der Waals surface area contributed by atoms with Crippen LogP contribution in [0.5, 0.6) is 0 Å². The second-order valence-corrected chi connectivity index (χ2v) is 7.13. The van der Waals surface area contributed by atoms with Crippen molar-refractivity contribution in [3.8, 4) is 0 Å². The molecule has 150 valence electrons. The summed E-state index contributed by atoms with van der Waals surface area (Å²) in [5.41, 5.74) is -0.635. The summed E-state index contributed by atoms with van der Waals surface area (Å²) >= 11 is 0. The molecule has 27 heavy (non-hydrogen) atoms. The van der Waals surface area contributed by atoms with Gasteiger partial charge in [0, 0.05) is 57.3 Å². The average molecular weight is 382 g/mol. The number of aliphatic hydroxyl groups excluding tert-OH is 2. The van der Waals surface area contributed by atoms with Gasteiger partial charge in [0.05, 0.1) is 6.61 Å². The molecule has 0 spiro atoms. The Morgan fingerprint density at radius 1 is 1.33 bits per heavy atom. The summed E-state index contributed by atoms with van der Waals surface area (Å²) in [5, 5.41) is 19.6. The van der Waals surface area contributed by atoms with E-state index in [9.17, 15) is 24.6 Å². The Morgan fingerprint density at radius 3 is 2.59 bits per heavy atom. The van der Waals surface area contributed by atoms with Gasteiger partial charge in [-0.2, -0.15) is 0 Å². The molecule has 0 aliphatic carbocycles. The molecule has 0 bridgehead atoms. The highest BCUT2D eigenvalue weighted by Crippen LogP contribution is 2.33. The maximum Gasteiger partial charge on any atom is 0.330 e. The van der Waals surface area contributed by atoms with Gasteiger partial charge in [-0.05, 0) is 6.92 Å². The third kappa shape index (κ3) is 3.98. The zero-order valence-electron chi connectivity index (χ0n) is 15.5. The molecule has 3 rings (SSSR count). The molecule has 2 aliphatic heterocycles. The Labute approximate surface area is 156 Å². The van der Waals surface area contributed by atoms with E-state index in [1.807, 2.05) is 0 Å². The summed E-state index contributed by atoms with van der Waals surface area (Å²) in [6.45, 7) is 5.08. The van der Waals surface area contributed by atoms with Gasteiger partial charge in [-0.15, -0.1) is 0 Å². The first-order chi connectivity index (χ1) is 12.8. The summed E-state index contributed by atoms with van der Waals surface area (Å²) in [5.74, 6) is 0.0254. The molecule has 0 unspecified atom stereocenters. The van der Waals surface area contributed by atoms with Gasteiger partial charge < -0.3 is 19.8 Å². The zero-order valence-corrected chi connectivity index (χ0v) is 15.5. The molecule has 0 radical (unpaired) electrons. The molecule has 10 heteroatoms. The maximum atomic E-state index is 12.2. The summed E-state index contributed by atoms with van der Waals surface area (Å²) in [7, 11) is 0. The van der Waals surface area contributed by atoms with Crippen molar-refractivity contribution in [1.82, 2.24) is 19.4 Å². The Bertz CT molecular complexity index is 797. The van der Waals surface area contributed by atoms with Gasteiger partial charge in [-0.1, -0.05) is 0 Å². The Morgan fingerprint density at radius 2 is 2.00 bits per heavy atom. The van der Waals surface area contributed by atoms with Gasteiger partial charge in [-0.3, -0.25) is 24.0 Å². The number of amides is 1. The van der Waals surface area contributed by atoms with Crippen molar-refractivity contribution in [1.29, 1.82) is 0 Å². The van der Waals surface area contributed by atoms with Crippen LogP contribution in [-0.4, -0.2) is 86.5 Å². The molecule has 10 nitrogen and oxygen atoms in total. The fourth-order valence-electron chi connectivity index (χ4n) is 3.82. The van der Waals surface area contributed by atoms with Crippen LogP contribution >= 0.6 is 0 Å². The summed E-state index contributed by atoms with van der Waals surface area (Å²) in [6.07, 6.45) is -0.555. The minimum Gasteiger partial charge on any atom is -0.394 e. The van der Waals surface area contributed by atoms with Crippen molar-refractivity contribution in [3.05, 3.63) is 32.6 Å². The minimum absolute atomic E-state index is 0.0254. The molecule has 2 saturated heterocycles. The van der Waals surface area contributed by atoms with Crippen LogP contribution in [0.4, 0.5) is 0 Å². The van der Waals surface area contributed by atoms with Gasteiger partial charge in [0.15, 0.2) is 0 Å². The fraction of sp³-hybridized carbons (Fsp3) is 0.706. The van der Waals surface area contributed by atoms with Crippen LogP contribution in [0.1, 0.15) is 25.1 Å². The normalized spacial score (nSPS) is 27.7. The second kappa shape index (κ2) is 7.93. The van der Waals surface area contributed by atoms with Crippen molar-refractivity contribution in [2.45, 2.75) is 44.7 Å². The number of nitrogens with zero attached hydrogens (tertiary/aromatic N) is 3. The Kier molecular flexibility index (Phi) is 5.80. The first kappa shape index (κ1) is 19.7. The van der Waals surface area contributed by atoms with E-state index in [2.05, 4.69) is 9.88 Å². The lowest BCUT2D eigenvalue weighted by Gasteiger charge is -2.39. The van der Waals surface area contributed by atoms with E-state index in [0.717, 1.165) is 0 Å². The number of piperazine rings is 1. The van der Waals surface area contributed by atoms with Crippen molar-refractivity contribution in [2.24, 2.45) is 0 Å². The van der Waals surface area contributed by atoms with Crippen molar-refractivity contribution < 1.29 is 19.7 Å². The quantitative estimate of drug-likeness (QED) is 0.550. The number of nitrogens with one attached hydrogen (secondary N) is 1. The maximum absolute atomic E-state index is 12.2. The molecule has 1 amide bonds. The number of hydrogen-bond donors (Lipinski definition) is 3. The monoisotopic (exact) mass is 382 g/mol. The first-order valence-electron chi connectivity index (χ1n) is 9.08. The van der Waals surface area contributed by atoms with Crippen molar-refractivity contribution >= 4 is 5.91 Å². The molecule has 2 fully saturated rings. The molecular formula is C17H26N4O6. The van der Waals surface area contributed by atoms with E-state index >= 15 is 0 Å². The van der Waals surface area contributed by atoms with Gasteiger partial charge in [0.2, 0.25) is 5.91 Å². The van der Waals surface area contributed by atoms with Crippen molar-refractivity contribution in [2.75, 3.05) is 32.8 Å².